The second-order valence-electron chi connectivity index (χ2n) is 12.7. The van der Waals surface area contributed by atoms with Crippen molar-refractivity contribution in [2.24, 2.45) is 17.3 Å². The van der Waals surface area contributed by atoms with Crippen molar-refractivity contribution < 1.29 is 24.2 Å². The van der Waals surface area contributed by atoms with E-state index in [0.717, 1.165) is 12.0 Å². The number of likely N-dealkylation sites (tertiary alicyclic amines) is 1. The number of thioether (sulfide) groups is 1. The predicted octanol–water partition coefficient (Wildman–Crippen LogP) is 3.74. The number of hydrogen-bond acceptors (Lipinski definition) is 6. The fourth-order valence-corrected chi connectivity index (χ4v) is 9.20. The molecule has 2 saturated heterocycles. The molecule has 38 heavy (non-hydrogen) atoms. The number of carbonyl (C=O) groups is 3. The minimum atomic E-state index is -0.945. The third-order valence-corrected chi connectivity index (χ3v) is 9.98. The minimum Gasteiger partial charge on any atom is -0.461 e. The van der Waals surface area contributed by atoms with E-state index in [0.29, 0.717) is 6.54 Å². The molecule has 8 heteroatoms. The summed E-state index contributed by atoms with van der Waals surface area (Å²) in [6, 6.07) is 7.76. The van der Waals surface area contributed by atoms with Gasteiger partial charge in [0.15, 0.2) is 0 Å². The lowest BCUT2D eigenvalue weighted by Gasteiger charge is -2.45. The van der Waals surface area contributed by atoms with Gasteiger partial charge in [0.2, 0.25) is 11.8 Å². The third kappa shape index (κ3) is 4.30. The van der Waals surface area contributed by atoms with E-state index >= 15 is 0 Å². The Morgan fingerprint density at radius 2 is 1.79 bits per heavy atom. The van der Waals surface area contributed by atoms with E-state index in [9.17, 15) is 19.5 Å². The molecule has 4 aliphatic rings. The van der Waals surface area contributed by atoms with Crippen LogP contribution in [0, 0.1) is 17.3 Å². The van der Waals surface area contributed by atoms with Crippen molar-refractivity contribution in [1.82, 2.24) is 9.80 Å². The Morgan fingerprint density at radius 1 is 1.08 bits per heavy atom. The highest BCUT2D eigenvalue weighted by Gasteiger charge is 2.72. The van der Waals surface area contributed by atoms with Gasteiger partial charge in [0.1, 0.15) is 12.6 Å². The Hall–Kier alpha value is -2.58. The monoisotopic (exact) mass is 538 g/mol. The molecule has 2 amide bonds. The average molecular weight is 539 g/mol. The zero-order chi connectivity index (χ0) is 27.5. The van der Waals surface area contributed by atoms with Gasteiger partial charge < -0.3 is 19.6 Å². The fraction of sp³-hybridized carbons (Fsp3) is 0.567. The van der Waals surface area contributed by atoms with Crippen molar-refractivity contribution in [2.45, 2.75) is 68.7 Å². The first-order chi connectivity index (χ1) is 17.9. The molecule has 0 aliphatic carbocycles. The number of aliphatic hydroxyl groups is 1. The predicted molar refractivity (Wildman–Crippen MR) is 147 cm³/mol. The Morgan fingerprint density at radius 3 is 2.45 bits per heavy atom. The second-order valence-corrected chi connectivity index (χ2v) is 14.1. The maximum absolute atomic E-state index is 14.7. The number of aliphatic hydroxyl groups excluding tert-OH is 1. The van der Waals surface area contributed by atoms with Crippen molar-refractivity contribution in [1.29, 1.82) is 0 Å². The molecule has 7 nitrogen and oxygen atoms in total. The zero-order valence-electron chi connectivity index (χ0n) is 22.8. The van der Waals surface area contributed by atoms with Crippen LogP contribution in [0.15, 0.2) is 54.6 Å². The molecule has 4 heterocycles. The summed E-state index contributed by atoms with van der Waals surface area (Å²) in [7, 11) is 0. The lowest BCUT2D eigenvalue weighted by Crippen LogP contribution is -2.59. The van der Waals surface area contributed by atoms with E-state index in [2.05, 4.69) is 34.6 Å². The topological polar surface area (TPSA) is 87.2 Å². The Kier molecular flexibility index (Phi) is 6.79. The smallest absolute Gasteiger partial charge is 0.311 e. The van der Waals surface area contributed by atoms with Crippen molar-refractivity contribution in [3.05, 3.63) is 60.2 Å². The van der Waals surface area contributed by atoms with Gasteiger partial charge in [0.05, 0.1) is 29.2 Å². The number of amides is 2. The molecule has 6 atom stereocenters. The van der Waals surface area contributed by atoms with Crippen molar-refractivity contribution >= 4 is 29.5 Å². The van der Waals surface area contributed by atoms with E-state index in [-0.39, 0.29) is 35.7 Å². The summed E-state index contributed by atoms with van der Waals surface area (Å²) in [4.78, 5) is 45.8. The van der Waals surface area contributed by atoms with Crippen LogP contribution in [-0.2, 0) is 19.1 Å². The van der Waals surface area contributed by atoms with E-state index in [1.165, 1.54) is 11.8 Å². The summed E-state index contributed by atoms with van der Waals surface area (Å²) < 4.78 is 4.52. The van der Waals surface area contributed by atoms with Gasteiger partial charge in [-0.3, -0.25) is 14.4 Å². The Bertz CT molecular complexity index is 1170. The molecule has 0 aromatic heterocycles. The Labute approximate surface area is 229 Å². The molecular formula is C30H38N2O5S. The van der Waals surface area contributed by atoms with Gasteiger partial charge in [-0.2, -0.15) is 0 Å². The second kappa shape index (κ2) is 9.56. The quantitative estimate of drug-likeness (QED) is 0.454. The van der Waals surface area contributed by atoms with Gasteiger partial charge in [0, 0.05) is 17.3 Å². The number of cyclic esters (lactones) is 1. The highest BCUT2D eigenvalue weighted by atomic mass is 32.2. The summed E-state index contributed by atoms with van der Waals surface area (Å²) >= 11 is 1.52. The number of esters is 1. The molecule has 1 aromatic rings. The van der Waals surface area contributed by atoms with Gasteiger partial charge in [-0.1, -0.05) is 75.4 Å². The lowest BCUT2D eigenvalue weighted by atomic mass is 9.78. The first kappa shape index (κ1) is 27.0. The molecule has 1 spiro atoms. The van der Waals surface area contributed by atoms with Gasteiger partial charge in [0.25, 0.3) is 0 Å². The molecule has 1 aromatic carbocycles. The van der Waals surface area contributed by atoms with Crippen LogP contribution >= 0.6 is 11.8 Å². The first-order valence-electron chi connectivity index (χ1n) is 13.4. The molecule has 0 bridgehead atoms. The molecule has 204 valence electrons. The first-order valence-corrected chi connectivity index (χ1v) is 14.3. The average Bonchev–Trinajstić information content (AvgIpc) is 3.13. The van der Waals surface area contributed by atoms with Crippen LogP contribution in [-0.4, -0.2) is 74.0 Å². The summed E-state index contributed by atoms with van der Waals surface area (Å²) in [5.41, 5.74) is 0.253. The van der Waals surface area contributed by atoms with Crippen molar-refractivity contribution in [3.8, 4) is 0 Å². The van der Waals surface area contributed by atoms with E-state index in [4.69, 9.17) is 4.74 Å². The highest BCUT2D eigenvalue weighted by molar-refractivity contribution is 8.02. The number of fused-ring (bicyclic) bond motifs is 2. The maximum Gasteiger partial charge on any atom is 0.311 e. The van der Waals surface area contributed by atoms with Gasteiger partial charge in [-0.25, -0.2) is 0 Å². The van der Waals surface area contributed by atoms with Crippen molar-refractivity contribution in [2.75, 3.05) is 19.8 Å². The van der Waals surface area contributed by atoms with Gasteiger partial charge in [-0.05, 0) is 31.2 Å². The Balaban J connectivity index is 1.66. The minimum absolute atomic E-state index is 0.0211. The van der Waals surface area contributed by atoms with Crippen LogP contribution in [0.3, 0.4) is 0 Å². The van der Waals surface area contributed by atoms with E-state index < -0.39 is 40.2 Å². The van der Waals surface area contributed by atoms with Crippen LogP contribution in [0.25, 0.3) is 0 Å². The van der Waals surface area contributed by atoms with Gasteiger partial charge >= 0.3 is 5.97 Å². The molecule has 5 rings (SSSR count). The van der Waals surface area contributed by atoms with Crippen molar-refractivity contribution in [3.63, 3.8) is 0 Å². The molecule has 1 unspecified atom stereocenters. The number of nitrogens with zero attached hydrogens (tertiary/aromatic N) is 2. The third-order valence-electron chi connectivity index (χ3n) is 8.24. The van der Waals surface area contributed by atoms with E-state index in [1.54, 1.807) is 4.90 Å². The van der Waals surface area contributed by atoms with E-state index in [1.807, 2.05) is 59.5 Å². The van der Waals surface area contributed by atoms with Gasteiger partial charge in [-0.15, -0.1) is 11.8 Å². The summed E-state index contributed by atoms with van der Waals surface area (Å²) in [5.74, 6) is -2.28. The summed E-state index contributed by atoms with van der Waals surface area (Å²) in [6.07, 6.45) is 8.55. The molecule has 0 saturated carbocycles. The molecule has 1 N–H and O–H groups in total. The SMILES string of the molecule is CC(C)(C)CC(C)(C)N1CC=C[C@]23S[C@@H]4C=CCOC(=O)[C@@H]4[C@H]2C(=O)N([C@H](CO)c2ccccc2)C3C1=O. The summed E-state index contributed by atoms with van der Waals surface area (Å²) in [5, 5.41) is 10.4. The standard InChI is InChI=1S/C30H38N2O5S/c1-28(2,3)18-29(4,5)31-15-10-14-30-23(22-21(38-30)13-9-16-37-27(22)36)25(34)32(24(30)26(31)35)20(17-33)19-11-7-6-8-12-19/h6-14,20-24,33H,15-18H2,1-5H3/t20-,21-,22+,23+,24?,30+/m1/s1. The van der Waals surface area contributed by atoms with Crippen LogP contribution in [0.4, 0.5) is 0 Å². The number of ether oxygens (including phenoxy) is 1. The van der Waals surface area contributed by atoms with Crippen LogP contribution in [0.2, 0.25) is 0 Å². The lowest BCUT2D eigenvalue weighted by molar-refractivity contribution is -0.152. The molecule has 0 radical (unpaired) electrons. The number of carbonyl (C=O) groups excluding carboxylic acids is 3. The van der Waals surface area contributed by atoms with Crippen LogP contribution in [0.1, 0.15) is 52.6 Å². The highest BCUT2D eigenvalue weighted by Crippen LogP contribution is 2.62. The summed E-state index contributed by atoms with van der Waals surface area (Å²) in [6.45, 7) is 10.9. The molecular weight excluding hydrogens is 500 g/mol. The molecule has 2 fully saturated rings. The normalized spacial score (nSPS) is 31.9. The maximum atomic E-state index is 14.7. The molecule has 4 aliphatic heterocycles. The van der Waals surface area contributed by atoms with Crippen LogP contribution in [0.5, 0.6) is 0 Å². The largest absolute Gasteiger partial charge is 0.461 e. The van der Waals surface area contributed by atoms with Crippen LogP contribution < -0.4 is 0 Å². The zero-order valence-corrected chi connectivity index (χ0v) is 23.6. The number of benzene rings is 1. The number of rotatable bonds is 5. The fourth-order valence-electron chi connectivity index (χ4n) is 7.21. The number of hydrogen-bond donors (Lipinski definition) is 1.